The molecule has 0 aromatic heterocycles. The number of carbonyl (C=O) groups excluding carboxylic acids is 1. The lowest BCUT2D eigenvalue weighted by atomic mass is 10.0. The lowest BCUT2D eigenvalue weighted by Gasteiger charge is -2.14. The van der Waals surface area contributed by atoms with Gasteiger partial charge in [-0.05, 0) is 36.2 Å². The maximum atomic E-state index is 12.5. The molecule has 28 heavy (non-hydrogen) atoms. The molecule has 0 saturated carbocycles. The quantitative estimate of drug-likeness (QED) is 0.660. The lowest BCUT2D eigenvalue weighted by molar-refractivity contribution is -0.114. The number of sulfone groups is 1. The number of hydrogen-bond donors (Lipinski definition) is 2. The molecule has 3 aromatic rings. The summed E-state index contributed by atoms with van der Waals surface area (Å²) in [5.41, 5.74) is 3.88. The number of anilines is 2. The Labute approximate surface area is 165 Å². The molecule has 0 aliphatic heterocycles. The molecule has 2 N–H and O–H groups in total. The Hall–Kier alpha value is -3.12. The fourth-order valence-electron chi connectivity index (χ4n) is 2.91. The number of nitrogens with one attached hydrogen (secondary N) is 2. The molecule has 144 valence electrons. The Morgan fingerprint density at radius 2 is 1.57 bits per heavy atom. The van der Waals surface area contributed by atoms with Crippen LogP contribution in [0.3, 0.4) is 0 Å². The zero-order valence-electron chi connectivity index (χ0n) is 15.8. The van der Waals surface area contributed by atoms with Crippen LogP contribution in [0.2, 0.25) is 0 Å². The van der Waals surface area contributed by atoms with Crippen molar-refractivity contribution in [3.05, 3.63) is 78.4 Å². The molecule has 3 rings (SSSR count). The van der Waals surface area contributed by atoms with Crippen LogP contribution in [0.4, 0.5) is 11.4 Å². The van der Waals surface area contributed by atoms with E-state index in [1.54, 1.807) is 18.2 Å². The van der Waals surface area contributed by atoms with Crippen molar-refractivity contribution < 1.29 is 13.2 Å². The Balaban J connectivity index is 1.75. The van der Waals surface area contributed by atoms with Crippen molar-refractivity contribution in [2.45, 2.75) is 11.8 Å². The largest absolute Gasteiger partial charge is 0.375 e. The van der Waals surface area contributed by atoms with Gasteiger partial charge in [-0.3, -0.25) is 4.79 Å². The molecule has 0 unspecified atom stereocenters. The second kappa shape index (κ2) is 8.27. The molecular formula is C22H22N2O3S. The van der Waals surface area contributed by atoms with Gasteiger partial charge in [0.2, 0.25) is 5.91 Å². The number of para-hydroxylation sites is 1. The predicted octanol–water partition coefficient (Wildman–Crippen LogP) is 4.12. The van der Waals surface area contributed by atoms with Crippen molar-refractivity contribution in [1.29, 1.82) is 0 Å². The van der Waals surface area contributed by atoms with Gasteiger partial charge in [-0.2, -0.15) is 0 Å². The first-order chi connectivity index (χ1) is 13.3. The van der Waals surface area contributed by atoms with E-state index in [2.05, 4.69) is 10.6 Å². The minimum absolute atomic E-state index is 0.0469. The third-order valence-electron chi connectivity index (χ3n) is 4.26. The van der Waals surface area contributed by atoms with Gasteiger partial charge < -0.3 is 10.6 Å². The van der Waals surface area contributed by atoms with Crippen molar-refractivity contribution in [3.8, 4) is 11.1 Å². The van der Waals surface area contributed by atoms with E-state index in [-0.39, 0.29) is 17.3 Å². The molecule has 5 nitrogen and oxygen atoms in total. The standard InChI is InChI=1S/C22H22N2O3S/c1-16-12-13-20(21(14-16)28(2,26)27)23-15-22(25)24-19-11-7-6-10-18(19)17-8-4-3-5-9-17/h3-14,23H,15H2,1-2H3,(H,24,25). The van der Waals surface area contributed by atoms with Gasteiger partial charge in [-0.1, -0.05) is 54.6 Å². The fourth-order valence-corrected chi connectivity index (χ4v) is 3.85. The molecule has 6 heteroatoms. The van der Waals surface area contributed by atoms with Crippen LogP contribution in [0.25, 0.3) is 11.1 Å². The van der Waals surface area contributed by atoms with E-state index in [0.29, 0.717) is 11.4 Å². The Morgan fingerprint density at radius 1 is 0.893 bits per heavy atom. The van der Waals surface area contributed by atoms with Crippen LogP contribution in [0, 0.1) is 6.92 Å². The van der Waals surface area contributed by atoms with Crippen LogP contribution in [-0.2, 0) is 14.6 Å². The molecule has 0 heterocycles. The van der Waals surface area contributed by atoms with Gasteiger partial charge in [0.05, 0.1) is 17.1 Å². The number of benzene rings is 3. The monoisotopic (exact) mass is 394 g/mol. The first kappa shape index (κ1) is 19.6. The van der Waals surface area contributed by atoms with E-state index in [1.807, 2.05) is 61.5 Å². The summed E-state index contributed by atoms with van der Waals surface area (Å²) in [7, 11) is -3.40. The van der Waals surface area contributed by atoms with Crippen LogP contribution in [0.5, 0.6) is 0 Å². The Bertz CT molecular complexity index is 1090. The van der Waals surface area contributed by atoms with E-state index in [0.717, 1.165) is 22.9 Å². The second-order valence-electron chi connectivity index (χ2n) is 6.59. The van der Waals surface area contributed by atoms with Gasteiger partial charge in [0.25, 0.3) is 0 Å². The smallest absolute Gasteiger partial charge is 0.243 e. The molecule has 0 radical (unpaired) electrons. The fraction of sp³-hybridized carbons (Fsp3) is 0.136. The number of carbonyl (C=O) groups is 1. The van der Waals surface area contributed by atoms with Gasteiger partial charge in [-0.15, -0.1) is 0 Å². The van der Waals surface area contributed by atoms with Crippen LogP contribution in [0.1, 0.15) is 5.56 Å². The average molecular weight is 394 g/mol. The highest BCUT2D eigenvalue weighted by atomic mass is 32.2. The summed E-state index contributed by atoms with van der Waals surface area (Å²) in [4.78, 5) is 12.7. The third kappa shape index (κ3) is 4.78. The van der Waals surface area contributed by atoms with Gasteiger partial charge in [0.1, 0.15) is 0 Å². The van der Waals surface area contributed by atoms with Gasteiger partial charge in [-0.25, -0.2) is 8.42 Å². The summed E-state index contributed by atoms with van der Waals surface area (Å²) in [6.45, 7) is 1.78. The SMILES string of the molecule is Cc1ccc(NCC(=O)Nc2ccccc2-c2ccccc2)c(S(C)(=O)=O)c1. The molecule has 0 bridgehead atoms. The molecular weight excluding hydrogens is 372 g/mol. The lowest BCUT2D eigenvalue weighted by Crippen LogP contribution is -2.22. The van der Waals surface area contributed by atoms with Gasteiger partial charge in [0, 0.05) is 17.5 Å². The minimum atomic E-state index is -3.40. The normalized spacial score (nSPS) is 11.1. The maximum Gasteiger partial charge on any atom is 0.243 e. The highest BCUT2D eigenvalue weighted by molar-refractivity contribution is 7.90. The first-order valence-electron chi connectivity index (χ1n) is 8.83. The Kier molecular flexibility index (Phi) is 5.80. The summed E-state index contributed by atoms with van der Waals surface area (Å²) < 4.78 is 24.0. The Morgan fingerprint density at radius 3 is 2.29 bits per heavy atom. The summed E-state index contributed by atoms with van der Waals surface area (Å²) in [5, 5.41) is 5.83. The first-order valence-corrected chi connectivity index (χ1v) is 10.7. The zero-order valence-corrected chi connectivity index (χ0v) is 16.6. The molecule has 1 amide bonds. The highest BCUT2D eigenvalue weighted by Crippen LogP contribution is 2.27. The second-order valence-corrected chi connectivity index (χ2v) is 8.57. The van der Waals surface area contributed by atoms with Crippen molar-refractivity contribution in [1.82, 2.24) is 0 Å². The zero-order chi connectivity index (χ0) is 20.1. The number of aryl methyl sites for hydroxylation is 1. The third-order valence-corrected chi connectivity index (χ3v) is 5.40. The van der Waals surface area contributed by atoms with E-state index >= 15 is 0 Å². The topological polar surface area (TPSA) is 75.3 Å². The molecule has 0 fully saturated rings. The van der Waals surface area contributed by atoms with Crippen molar-refractivity contribution in [3.63, 3.8) is 0 Å². The van der Waals surface area contributed by atoms with E-state index in [1.165, 1.54) is 0 Å². The van der Waals surface area contributed by atoms with E-state index in [9.17, 15) is 13.2 Å². The van der Waals surface area contributed by atoms with Gasteiger partial charge in [0.15, 0.2) is 9.84 Å². The molecule has 0 saturated heterocycles. The summed E-state index contributed by atoms with van der Waals surface area (Å²) in [6, 6.07) is 22.4. The summed E-state index contributed by atoms with van der Waals surface area (Å²) in [6.07, 6.45) is 1.16. The highest BCUT2D eigenvalue weighted by Gasteiger charge is 2.15. The summed E-state index contributed by atoms with van der Waals surface area (Å²) >= 11 is 0. The van der Waals surface area contributed by atoms with Crippen molar-refractivity contribution in [2.24, 2.45) is 0 Å². The predicted molar refractivity (Wildman–Crippen MR) is 113 cm³/mol. The number of hydrogen-bond acceptors (Lipinski definition) is 4. The van der Waals surface area contributed by atoms with E-state index in [4.69, 9.17) is 0 Å². The van der Waals surface area contributed by atoms with Crippen LogP contribution in [-0.4, -0.2) is 27.1 Å². The van der Waals surface area contributed by atoms with Crippen LogP contribution >= 0.6 is 0 Å². The van der Waals surface area contributed by atoms with Crippen LogP contribution < -0.4 is 10.6 Å². The maximum absolute atomic E-state index is 12.5. The molecule has 3 aromatic carbocycles. The van der Waals surface area contributed by atoms with Crippen molar-refractivity contribution in [2.75, 3.05) is 23.4 Å². The summed E-state index contributed by atoms with van der Waals surface area (Å²) in [5.74, 6) is -0.261. The number of amides is 1. The van der Waals surface area contributed by atoms with E-state index < -0.39 is 9.84 Å². The minimum Gasteiger partial charge on any atom is -0.375 e. The van der Waals surface area contributed by atoms with Crippen molar-refractivity contribution >= 4 is 27.1 Å². The number of rotatable bonds is 6. The van der Waals surface area contributed by atoms with Crippen LogP contribution in [0.15, 0.2) is 77.7 Å². The molecule has 0 spiro atoms. The van der Waals surface area contributed by atoms with Gasteiger partial charge >= 0.3 is 0 Å². The average Bonchev–Trinajstić information content (AvgIpc) is 2.67. The molecule has 0 aliphatic rings. The molecule has 0 atom stereocenters. The molecule has 0 aliphatic carbocycles.